The molecule has 0 saturated heterocycles. The fourth-order valence-electron chi connectivity index (χ4n) is 1.46. The van der Waals surface area contributed by atoms with Crippen LogP contribution in [0.5, 0.6) is 0 Å². The molecule has 0 saturated carbocycles. The number of nitrogens with one attached hydrogen (secondary N) is 1. The fourth-order valence-corrected chi connectivity index (χ4v) is 1.46. The van der Waals surface area contributed by atoms with Crippen LogP contribution >= 0.6 is 0 Å². The molecule has 1 atom stereocenters. The van der Waals surface area contributed by atoms with Gasteiger partial charge in [0.2, 0.25) is 0 Å². The van der Waals surface area contributed by atoms with E-state index in [1.165, 1.54) is 6.42 Å². The number of hydrogen-bond donors (Lipinski definition) is 1. The molecule has 0 radical (unpaired) electrons. The van der Waals surface area contributed by atoms with Gasteiger partial charge < -0.3 is 19.7 Å². The van der Waals surface area contributed by atoms with Gasteiger partial charge in [0.15, 0.2) is 0 Å². The van der Waals surface area contributed by atoms with E-state index in [-0.39, 0.29) is 0 Å². The van der Waals surface area contributed by atoms with Crippen molar-refractivity contribution in [3.8, 4) is 0 Å². The van der Waals surface area contributed by atoms with Gasteiger partial charge in [-0.25, -0.2) is 0 Å². The third-order valence-corrected chi connectivity index (χ3v) is 3.04. The van der Waals surface area contributed by atoms with Crippen LogP contribution < -0.4 is 5.32 Å². The number of ether oxygens (including phenoxy) is 2. The van der Waals surface area contributed by atoms with Crippen LogP contribution in [0.25, 0.3) is 0 Å². The highest BCUT2D eigenvalue weighted by Gasteiger charge is 2.04. The van der Waals surface area contributed by atoms with Crippen LogP contribution in [0.4, 0.5) is 0 Å². The van der Waals surface area contributed by atoms with Crippen LogP contribution in [0.15, 0.2) is 0 Å². The van der Waals surface area contributed by atoms with Gasteiger partial charge in [0.05, 0.1) is 6.61 Å². The Kier molecular flexibility index (Phi) is 12.2. The lowest BCUT2D eigenvalue weighted by molar-refractivity contribution is 0.104. The summed E-state index contributed by atoms with van der Waals surface area (Å²) in [5, 5.41) is 3.39. The predicted octanol–water partition coefficient (Wildman–Crippen LogP) is 1.36. The molecule has 17 heavy (non-hydrogen) atoms. The lowest BCUT2D eigenvalue weighted by atomic mass is 10.2. The molecular weight excluding hydrogens is 216 g/mol. The van der Waals surface area contributed by atoms with Gasteiger partial charge in [-0.2, -0.15) is 0 Å². The highest BCUT2D eigenvalue weighted by Crippen LogP contribution is 1.97. The first kappa shape index (κ1) is 16.8. The first-order valence-corrected chi connectivity index (χ1v) is 6.70. The van der Waals surface area contributed by atoms with E-state index in [1.54, 1.807) is 7.11 Å². The van der Waals surface area contributed by atoms with E-state index in [4.69, 9.17) is 9.47 Å². The molecule has 0 rings (SSSR count). The highest BCUT2D eigenvalue weighted by atomic mass is 16.5. The minimum absolute atomic E-state index is 0.669. The van der Waals surface area contributed by atoms with Crippen molar-refractivity contribution in [3.05, 3.63) is 0 Å². The van der Waals surface area contributed by atoms with E-state index in [2.05, 4.69) is 31.1 Å². The summed E-state index contributed by atoms with van der Waals surface area (Å²) in [7, 11) is 3.90. The average Bonchev–Trinajstić information content (AvgIpc) is 2.35. The predicted molar refractivity (Wildman–Crippen MR) is 72.6 cm³/mol. The zero-order valence-corrected chi connectivity index (χ0v) is 12.0. The van der Waals surface area contributed by atoms with E-state index >= 15 is 0 Å². The lowest BCUT2D eigenvalue weighted by Gasteiger charge is -2.23. The summed E-state index contributed by atoms with van der Waals surface area (Å²) in [6.45, 7) is 9.91. The van der Waals surface area contributed by atoms with Crippen LogP contribution in [0.3, 0.4) is 0 Å². The van der Waals surface area contributed by atoms with Crippen molar-refractivity contribution in [1.29, 1.82) is 0 Å². The molecule has 4 heteroatoms. The molecule has 0 aliphatic carbocycles. The molecule has 0 amide bonds. The van der Waals surface area contributed by atoms with Gasteiger partial charge in [-0.05, 0) is 26.8 Å². The molecule has 0 aliphatic rings. The maximum absolute atomic E-state index is 5.46. The average molecular weight is 246 g/mol. The molecule has 0 aromatic carbocycles. The van der Waals surface area contributed by atoms with Crippen molar-refractivity contribution in [2.45, 2.75) is 32.7 Å². The quantitative estimate of drug-likeness (QED) is 0.527. The SMILES string of the molecule is CCC(C)N(C)CCNCCOCCCOC. The molecule has 1 unspecified atom stereocenters. The van der Waals surface area contributed by atoms with E-state index in [0.29, 0.717) is 6.04 Å². The van der Waals surface area contributed by atoms with Gasteiger partial charge in [-0.15, -0.1) is 0 Å². The van der Waals surface area contributed by atoms with Crippen LogP contribution in [0, 0.1) is 0 Å². The smallest absolute Gasteiger partial charge is 0.0590 e. The standard InChI is InChI=1S/C13H30N2O2/c1-5-13(2)15(3)9-7-14-8-12-17-11-6-10-16-4/h13-14H,5-12H2,1-4H3. The number of hydrogen-bond acceptors (Lipinski definition) is 4. The number of rotatable bonds is 12. The normalized spacial score (nSPS) is 13.2. The van der Waals surface area contributed by atoms with Crippen molar-refractivity contribution in [2.75, 3.05) is 53.6 Å². The van der Waals surface area contributed by atoms with Gasteiger partial charge in [-0.3, -0.25) is 0 Å². The maximum atomic E-state index is 5.46. The van der Waals surface area contributed by atoms with Crippen molar-refractivity contribution in [1.82, 2.24) is 10.2 Å². The molecule has 0 heterocycles. The molecule has 1 N–H and O–H groups in total. The third-order valence-electron chi connectivity index (χ3n) is 3.04. The Hall–Kier alpha value is -0.160. The third kappa shape index (κ3) is 10.7. The summed E-state index contributed by atoms with van der Waals surface area (Å²) in [4.78, 5) is 2.38. The second kappa shape index (κ2) is 12.3. The summed E-state index contributed by atoms with van der Waals surface area (Å²) in [6, 6.07) is 0.669. The molecule has 0 spiro atoms. The fraction of sp³-hybridized carbons (Fsp3) is 1.00. The Morgan fingerprint density at radius 3 is 2.59 bits per heavy atom. The van der Waals surface area contributed by atoms with Crippen molar-refractivity contribution >= 4 is 0 Å². The zero-order chi connectivity index (χ0) is 12.9. The van der Waals surface area contributed by atoms with Crippen LogP contribution in [-0.2, 0) is 9.47 Å². The summed E-state index contributed by atoms with van der Waals surface area (Å²) in [6.07, 6.45) is 2.19. The Bertz CT molecular complexity index is 156. The highest BCUT2D eigenvalue weighted by molar-refractivity contribution is 4.62. The topological polar surface area (TPSA) is 33.7 Å². The van der Waals surface area contributed by atoms with E-state index < -0.39 is 0 Å². The Labute approximate surface area is 107 Å². The Morgan fingerprint density at radius 2 is 1.94 bits per heavy atom. The van der Waals surface area contributed by atoms with Crippen molar-refractivity contribution < 1.29 is 9.47 Å². The Balaban J connectivity index is 3.13. The second-order valence-corrected chi connectivity index (χ2v) is 4.45. The monoisotopic (exact) mass is 246 g/mol. The first-order chi connectivity index (χ1) is 8.22. The summed E-state index contributed by atoms with van der Waals surface area (Å²) >= 11 is 0. The lowest BCUT2D eigenvalue weighted by Crippen LogP contribution is -2.35. The zero-order valence-electron chi connectivity index (χ0n) is 12.0. The minimum Gasteiger partial charge on any atom is -0.385 e. The van der Waals surface area contributed by atoms with Gasteiger partial charge in [-0.1, -0.05) is 6.92 Å². The van der Waals surface area contributed by atoms with Gasteiger partial charge in [0.1, 0.15) is 0 Å². The van der Waals surface area contributed by atoms with Gasteiger partial charge in [0, 0.05) is 46.0 Å². The molecule has 0 bridgehead atoms. The number of methoxy groups -OCH3 is 1. The molecule has 0 aromatic heterocycles. The van der Waals surface area contributed by atoms with Crippen molar-refractivity contribution in [3.63, 3.8) is 0 Å². The molecule has 4 nitrogen and oxygen atoms in total. The van der Waals surface area contributed by atoms with E-state index in [9.17, 15) is 0 Å². The molecule has 0 aromatic rings. The second-order valence-electron chi connectivity index (χ2n) is 4.45. The largest absolute Gasteiger partial charge is 0.385 e. The minimum atomic E-state index is 0.669. The van der Waals surface area contributed by atoms with Crippen molar-refractivity contribution in [2.24, 2.45) is 0 Å². The summed E-state index contributed by atoms with van der Waals surface area (Å²) in [5.74, 6) is 0. The Morgan fingerprint density at radius 1 is 1.18 bits per heavy atom. The first-order valence-electron chi connectivity index (χ1n) is 6.70. The maximum Gasteiger partial charge on any atom is 0.0590 e. The van der Waals surface area contributed by atoms with Gasteiger partial charge in [0.25, 0.3) is 0 Å². The summed E-state index contributed by atoms with van der Waals surface area (Å²) < 4.78 is 10.4. The van der Waals surface area contributed by atoms with E-state index in [0.717, 1.165) is 45.9 Å². The molecule has 104 valence electrons. The van der Waals surface area contributed by atoms with Crippen LogP contribution in [-0.4, -0.2) is 64.6 Å². The molecule has 0 fully saturated rings. The van der Waals surface area contributed by atoms with Crippen LogP contribution in [0.1, 0.15) is 26.7 Å². The van der Waals surface area contributed by atoms with E-state index in [1.807, 2.05) is 0 Å². The summed E-state index contributed by atoms with van der Waals surface area (Å²) in [5.41, 5.74) is 0. The molecule has 0 aliphatic heterocycles. The number of nitrogens with zero attached hydrogens (tertiary/aromatic N) is 1. The number of likely N-dealkylation sites (N-methyl/N-ethyl adjacent to an activating group) is 1. The van der Waals surface area contributed by atoms with Crippen LogP contribution in [0.2, 0.25) is 0 Å². The van der Waals surface area contributed by atoms with Gasteiger partial charge >= 0.3 is 0 Å². The molecular formula is C13H30N2O2.